The monoisotopic (exact) mass is 345 g/mol. The number of hydrogen-bond acceptors (Lipinski definition) is 2. The van der Waals surface area contributed by atoms with Crippen molar-refractivity contribution in [2.45, 2.75) is 19.3 Å². The zero-order valence-electron chi connectivity index (χ0n) is 11.9. The lowest BCUT2D eigenvalue weighted by atomic mass is 9.84. The van der Waals surface area contributed by atoms with Crippen LogP contribution in [0, 0.1) is 10.1 Å². The minimum atomic E-state index is -0.390. The molecular formula is C17H16BrNO2. The molecule has 2 aromatic rings. The molecule has 0 aromatic heterocycles. The van der Waals surface area contributed by atoms with E-state index in [1.165, 1.54) is 17.7 Å². The highest BCUT2D eigenvalue weighted by Gasteiger charge is 2.16. The van der Waals surface area contributed by atoms with Crippen LogP contribution in [-0.4, -0.2) is 4.92 Å². The molecular weight excluding hydrogens is 330 g/mol. The van der Waals surface area contributed by atoms with Crippen molar-refractivity contribution in [1.82, 2.24) is 0 Å². The summed E-state index contributed by atoms with van der Waals surface area (Å²) in [4.78, 5) is 10.2. The molecule has 3 nitrogen and oxygen atoms in total. The molecule has 0 aliphatic rings. The van der Waals surface area contributed by atoms with Crippen molar-refractivity contribution in [1.29, 1.82) is 0 Å². The molecule has 0 radical (unpaired) electrons. The number of allylic oxidation sites excluding steroid dienone is 1. The Kier molecular flexibility index (Phi) is 4.58. The van der Waals surface area contributed by atoms with Crippen LogP contribution in [0.15, 0.2) is 59.1 Å². The number of nitrogens with zero attached hydrogens (tertiary/aromatic N) is 1. The number of rotatable bonds is 4. The van der Waals surface area contributed by atoms with Crippen molar-refractivity contribution in [3.8, 4) is 0 Å². The average molecular weight is 346 g/mol. The predicted octanol–water partition coefficient (Wildman–Crippen LogP) is 5.35. The Morgan fingerprint density at radius 1 is 1.14 bits per heavy atom. The van der Waals surface area contributed by atoms with Gasteiger partial charge in [0.2, 0.25) is 0 Å². The molecule has 0 unspecified atom stereocenters. The Labute approximate surface area is 132 Å². The quantitative estimate of drug-likeness (QED) is 0.553. The normalized spacial score (nSPS) is 11.8. The lowest BCUT2D eigenvalue weighted by Crippen LogP contribution is -2.13. The molecule has 0 atom stereocenters. The molecule has 0 bridgehead atoms. The average Bonchev–Trinajstić information content (AvgIpc) is 2.45. The van der Waals surface area contributed by atoms with Crippen LogP contribution in [0.1, 0.15) is 25.0 Å². The summed E-state index contributed by atoms with van der Waals surface area (Å²) >= 11 is 3.48. The van der Waals surface area contributed by atoms with Gasteiger partial charge in [-0.1, -0.05) is 54.1 Å². The van der Waals surface area contributed by atoms with Crippen molar-refractivity contribution in [2.75, 3.05) is 0 Å². The van der Waals surface area contributed by atoms with Gasteiger partial charge >= 0.3 is 0 Å². The van der Waals surface area contributed by atoms with E-state index in [0.717, 1.165) is 10.0 Å². The Bertz CT molecular complexity index is 675. The van der Waals surface area contributed by atoms with Crippen molar-refractivity contribution in [3.63, 3.8) is 0 Å². The van der Waals surface area contributed by atoms with E-state index in [-0.39, 0.29) is 16.0 Å². The number of nitro groups is 1. The Morgan fingerprint density at radius 3 is 2.38 bits per heavy atom. The number of halogens is 1. The lowest BCUT2D eigenvalue weighted by molar-refractivity contribution is -0.384. The molecule has 0 aliphatic carbocycles. The van der Waals surface area contributed by atoms with Gasteiger partial charge in [0.25, 0.3) is 5.69 Å². The summed E-state index contributed by atoms with van der Waals surface area (Å²) < 4.78 is 1.05. The van der Waals surface area contributed by atoms with Gasteiger partial charge in [0.15, 0.2) is 0 Å². The maximum absolute atomic E-state index is 10.6. The van der Waals surface area contributed by atoms with E-state index in [1.54, 1.807) is 12.1 Å². The molecule has 4 heteroatoms. The SMILES string of the molecule is CC(C)(/C=C/c1ccc([N+](=O)[O-])cc1)c1cccc(Br)c1. The summed E-state index contributed by atoms with van der Waals surface area (Å²) in [5.74, 6) is 0. The molecule has 2 aromatic carbocycles. The minimum absolute atomic E-state index is 0.110. The van der Waals surface area contributed by atoms with Gasteiger partial charge < -0.3 is 0 Å². The fraction of sp³-hybridized carbons (Fsp3) is 0.176. The van der Waals surface area contributed by atoms with Crippen molar-refractivity contribution < 1.29 is 4.92 Å². The number of hydrogen-bond donors (Lipinski definition) is 0. The standard InChI is InChI=1S/C17H16BrNO2/c1-17(2,14-4-3-5-15(18)12-14)11-10-13-6-8-16(9-7-13)19(20)21/h3-12H,1-2H3/b11-10+. The van der Waals surface area contributed by atoms with E-state index in [9.17, 15) is 10.1 Å². The van der Waals surface area contributed by atoms with Gasteiger partial charge in [0.1, 0.15) is 0 Å². The van der Waals surface area contributed by atoms with Gasteiger partial charge in [-0.05, 0) is 35.4 Å². The molecule has 0 aliphatic heterocycles. The highest BCUT2D eigenvalue weighted by Crippen LogP contribution is 2.28. The summed E-state index contributed by atoms with van der Waals surface area (Å²) in [6, 6.07) is 14.8. The highest BCUT2D eigenvalue weighted by atomic mass is 79.9. The van der Waals surface area contributed by atoms with Crippen LogP contribution in [0.2, 0.25) is 0 Å². The second kappa shape index (κ2) is 6.22. The van der Waals surface area contributed by atoms with Gasteiger partial charge in [-0.15, -0.1) is 0 Å². The zero-order chi connectivity index (χ0) is 15.5. The van der Waals surface area contributed by atoms with Crippen LogP contribution in [-0.2, 0) is 5.41 Å². The van der Waals surface area contributed by atoms with Gasteiger partial charge in [0, 0.05) is 22.0 Å². The first-order chi connectivity index (χ1) is 9.88. The maximum Gasteiger partial charge on any atom is 0.269 e. The van der Waals surface area contributed by atoms with Crippen molar-refractivity contribution >= 4 is 27.7 Å². The Hall–Kier alpha value is -1.94. The van der Waals surface area contributed by atoms with Crippen LogP contribution < -0.4 is 0 Å². The fourth-order valence-corrected chi connectivity index (χ4v) is 2.40. The zero-order valence-corrected chi connectivity index (χ0v) is 13.5. The van der Waals surface area contributed by atoms with E-state index in [4.69, 9.17) is 0 Å². The highest BCUT2D eigenvalue weighted by molar-refractivity contribution is 9.10. The van der Waals surface area contributed by atoms with Gasteiger partial charge in [-0.3, -0.25) is 10.1 Å². The van der Waals surface area contributed by atoms with Crippen LogP contribution in [0.3, 0.4) is 0 Å². The van der Waals surface area contributed by atoms with Crippen LogP contribution in [0.5, 0.6) is 0 Å². The maximum atomic E-state index is 10.6. The number of non-ortho nitro benzene ring substituents is 1. The Balaban J connectivity index is 2.21. The minimum Gasteiger partial charge on any atom is -0.258 e. The first-order valence-electron chi connectivity index (χ1n) is 6.58. The molecule has 0 amide bonds. The molecule has 108 valence electrons. The number of nitro benzene ring substituents is 1. The number of benzene rings is 2. The van der Waals surface area contributed by atoms with Crippen molar-refractivity contribution in [2.24, 2.45) is 0 Å². The smallest absolute Gasteiger partial charge is 0.258 e. The first-order valence-corrected chi connectivity index (χ1v) is 7.37. The fourth-order valence-electron chi connectivity index (χ4n) is 2.00. The molecule has 0 spiro atoms. The first kappa shape index (κ1) is 15.4. The third-order valence-electron chi connectivity index (χ3n) is 3.36. The molecule has 0 heterocycles. The molecule has 0 saturated carbocycles. The summed E-state index contributed by atoms with van der Waals surface area (Å²) in [7, 11) is 0. The molecule has 0 N–H and O–H groups in total. The largest absolute Gasteiger partial charge is 0.269 e. The molecule has 21 heavy (non-hydrogen) atoms. The summed E-state index contributed by atoms with van der Waals surface area (Å²) in [6.07, 6.45) is 4.10. The Morgan fingerprint density at radius 2 is 1.81 bits per heavy atom. The second-order valence-electron chi connectivity index (χ2n) is 5.41. The van der Waals surface area contributed by atoms with Gasteiger partial charge in [0.05, 0.1) is 4.92 Å². The summed E-state index contributed by atoms with van der Waals surface area (Å²) in [6.45, 7) is 4.27. The topological polar surface area (TPSA) is 43.1 Å². The van der Waals surface area contributed by atoms with Gasteiger partial charge in [-0.2, -0.15) is 0 Å². The third-order valence-corrected chi connectivity index (χ3v) is 3.86. The van der Waals surface area contributed by atoms with Crippen LogP contribution in [0.25, 0.3) is 6.08 Å². The van der Waals surface area contributed by atoms with Crippen LogP contribution >= 0.6 is 15.9 Å². The summed E-state index contributed by atoms with van der Waals surface area (Å²) in [5, 5.41) is 10.6. The summed E-state index contributed by atoms with van der Waals surface area (Å²) in [5.41, 5.74) is 2.14. The molecule has 0 fully saturated rings. The van der Waals surface area contributed by atoms with Crippen LogP contribution in [0.4, 0.5) is 5.69 Å². The second-order valence-corrected chi connectivity index (χ2v) is 6.33. The van der Waals surface area contributed by atoms with E-state index in [0.29, 0.717) is 0 Å². The van der Waals surface area contributed by atoms with E-state index < -0.39 is 0 Å². The molecule has 2 rings (SSSR count). The van der Waals surface area contributed by atoms with E-state index in [2.05, 4.69) is 48.0 Å². The predicted molar refractivity (Wildman–Crippen MR) is 89.3 cm³/mol. The third kappa shape index (κ3) is 4.02. The van der Waals surface area contributed by atoms with E-state index >= 15 is 0 Å². The lowest BCUT2D eigenvalue weighted by Gasteiger charge is -2.21. The van der Waals surface area contributed by atoms with E-state index in [1.807, 2.05) is 18.2 Å². The molecule has 0 saturated heterocycles. The van der Waals surface area contributed by atoms with Gasteiger partial charge in [-0.25, -0.2) is 0 Å². The van der Waals surface area contributed by atoms with Crippen molar-refractivity contribution in [3.05, 3.63) is 80.3 Å².